The first kappa shape index (κ1) is 19.9. The summed E-state index contributed by atoms with van der Waals surface area (Å²) in [5, 5.41) is 4.88. The highest BCUT2D eigenvalue weighted by Crippen LogP contribution is 2.33. The average Bonchev–Trinajstić information content (AvgIpc) is 2.74. The number of halogens is 3. The lowest BCUT2D eigenvalue weighted by Crippen LogP contribution is -2.15. The van der Waals surface area contributed by atoms with Gasteiger partial charge in [-0.1, -0.05) is 44.0 Å². The summed E-state index contributed by atoms with van der Waals surface area (Å²) < 4.78 is 11.9. The SMILES string of the molecule is CC(C)Oc1cc(-n2nc(C(C)(C)C)oc2=O)c(Cl)cc1Cl.Cl. The third-order valence-corrected chi connectivity index (χ3v) is 3.38. The Bertz CT molecular complexity index is 745. The Hall–Kier alpha value is -1.17. The summed E-state index contributed by atoms with van der Waals surface area (Å²) in [6.45, 7) is 9.47. The van der Waals surface area contributed by atoms with E-state index in [2.05, 4.69) is 5.10 Å². The summed E-state index contributed by atoms with van der Waals surface area (Å²) in [7, 11) is 0. The van der Waals surface area contributed by atoms with Crippen molar-refractivity contribution in [2.45, 2.75) is 46.1 Å². The molecular formula is C15H19Cl3N2O3. The Kier molecular flexibility index (Phi) is 6.18. The molecule has 5 nitrogen and oxygen atoms in total. The van der Waals surface area contributed by atoms with Gasteiger partial charge in [0.05, 0.1) is 21.8 Å². The number of rotatable bonds is 3. The van der Waals surface area contributed by atoms with Gasteiger partial charge in [0.25, 0.3) is 0 Å². The molecule has 0 N–H and O–H groups in total. The zero-order chi connectivity index (χ0) is 16.7. The first-order chi connectivity index (χ1) is 10.1. The maximum absolute atomic E-state index is 12.1. The molecule has 0 aliphatic carbocycles. The number of aromatic nitrogens is 2. The van der Waals surface area contributed by atoms with Crippen LogP contribution in [-0.4, -0.2) is 15.9 Å². The summed E-state index contributed by atoms with van der Waals surface area (Å²) in [5.74, 6) is 0.155. The third-order valence-electron chi connectivity index (χ3n) is 2.78. The molecule has 0 saturated carbocycles. The zero-order valence-corrected chi connectivity index (χ0v) is 15.8. The van der Waals surface area contributed by atoms with E-state index < -0.39 is 5.76 Å². The van der Waals surface area contributed by atoms with E-state index in [1.807, 2.05) is 34.6 Å². The summed E-state index contributed by atoms with van der Waals surface area (Å²) >= 11 is 12.3. The van der Waals surface area contributed by atoms with Crippen LogP contribution < -0.4 is 10.5 Å². The van der Waals surface area contributed by atoms with Crippen LogP contribution in [0.25, 0.3) is 5.69 Å². The predicted octanol–water partition coefficient (Wildman–Crippen LogP) is 4.64. The first-order valence-corrected chi connectivity index (χ1v) is 7.62. The van der Waals surface area contributed by atoms with E-state index in [-0.39, 0.29) is 28.9 Å². The van der Waals surface area contributed by atoms with Crippen molar-refractivity contribution in [2.24, 2.45) is 0 Å². The summed E-state index contributed by atoms with van der Waals surface area (Å²) in [4.78, 5) is 12.1. The Morgan fingerprint density at radius 3 is 2.30 bits per heavy atom. The van der Waals surface area contributed by atoms with E-state index in [1.54, 1.807) is 6.07 Å². The highest BCUT2D eigenvalue weighted by molar-refractivity contribution is 6.36. The topological polar surface area (TPSA) is 57.3 Å². The fourth-order valence-electron chi connectivity index (χ4n) is 1.76. The van der Waals surface area contributed by atoms with Gasteiger partial charge in [-0.05, 0) is 19.9 Å². The van der Waals surface area contributed by atoms with Crippen molar-refractivity contribution < 1.29 is 9.15 Å². The van der Waals surface area contributed by atoms with Crippen LogP contribution in [0.2, 0.25) is 10.0 Å². The van der Waals surface area contributed by atoms with Gasteiger partial charge >= 0.3 is 5.76 Å². The Morgan fingerprint density at radius 2 is 1.83 bits per heavy atom. The number of benzene rings is 1. The predicted molar refractivity (Wildman–Crippen MR) is 93.8 cm³/mol. The highest BCUT2D eigenvalue weighted by atomic mass is 35.5. The molecule has 2 aromatic rings. The molecule has 0 aliphatic rings. The monoisotopic (exact) mass is 380 g/mol. The van der Waals surface area contributed by atoms with E-state index in [1.165, 1.54) is 6.07 Å². The molecule has 0 fully saturated rings. The molecule has 0 saturated heterocycles. The van der Waals surface area contributed by atoms with Crippen molar-refractivity contribution in [1.29, 1.82) is 0 Å². The largest absolute Gasteiger partial charge is 0.489 e. The minimum Gasteiger partial charge on any atom is -0.489 e. The van der Waals surface area contributed by atoms with E-state index >= 15 is 0 Å². The lowest BCUT2D eigenvalue weighted by Gasteiger charge is -2.13. The quantitative estimate of drug-likeness (QED) is 0.777. The zero-order valence-electron chi connectivity index (χ0n) is 13.5. The molecule has 0 amide bonds. The average molecular weight is 382 g/mol. The van der Waals surface area contributed by atoms with Gasteiger partial charge in [-0.15, -0.1) is 17.5 Å². The Balaban J connectivity index is 0.00000264. The third kappa shape index (κ3) is 4.43. The standard InChI is InChI=1S/C15H18Cl2N2O3.ClH/c1-8(2)21-12-7-11(9(16)6-10(12)17)19-14(20)22-13(18-19)15(3,4)5;/h6-8H,1-5H3;1H. The fourth-order valence-corrected chi connectivity index (χ4v) is 2.27. The van der Waals surface area contributed by atoms with Crippen molar-refractivity contribution >= 4 is 35.6 Å². The van der Waals surface area contributed by atoms with Gasteiger partial charge in [-0.2, -0.15) is 4.68 Å². The van der Waals surface area contributed by atoms with Crippen molar-refractivity contribution in [1.82, 2.24) is 9.78 Å². The number of ether oxygens (including phenoxy) is 1. The minimum atomic E-state index is -0.607. The highest BCUT2D eigenvalue weighted by Gasteiger charge is 2.24. The Morgan fingerprint density at radius 1 is 1.22 bits per heavy atom. The van der Waals surface area contributed by atoms with E-state index in [0.29, 0.717) is 22.4 Å². The smallest absolute Gasteiger partial charge is 0.442 e. The lowest BCUT2D eigenvalue weighted by molar-refractivity contribution is 0.242. The van der Waals surface area contributed by atoms with Gasteiger partial charge in [0.15, 0.2) is 0 Å². The minimum absolute atomic E-state index is 0. The first-order valence-electron chi connectivity index (χ1n) is 6.86. The summed E-state index contributed by atoms with van der Waals surface area (Å²) in [6.07, 6.45) is -0.0642. The van der Waals surface area contributed by atoms with Gasteiger partial charge in [-0.25, -0.2) is 4.79 Å². The van der Waals surface area contributed by atoms with Gasteiger partial charge in [0, 0.05) is 11.5 Å². The summed E-state index contributed by atoms with van der Waals surface area (Å²) in [5.41, 5.74) is -0.0217. The van der Waals surface area contributed by atoms with E-state index in [0.717, 1.165) is 4.68 Å². The van der Waals surface area contributed by atoms with Crippen LogP contribution in [0.5, 0.6) is 5.75 Å². The molecular weight excluding hydrogens is 363 g/mol. The van der Waals surface area contributed by atoms with Crippen molar-refractivity contribution in [3.8, 4) is 11.4 Å². The fraction of sp³-hybridized carbons (Fsp3) is 0.467. The second-order valence-electron chi connectivity index (χ2n) is 6.24. The van der Waals surface area contributed by atoms with E-state index in [9.17, 15) is 4.79 Å². The van der Waals surface area contributed by atoms with Gasteiger partial charge in [0.1, 0.15) is 5.75 Å². The lowest BCUT2D eigenvalue weighted by atomic mass is 9.97. The molecule has 0 radical (unpaired) electrons. The van der Waals surface area contributed by atoms with Crippen LogP contribution in [-0.2, 0) is 5.41 Å². The molecule has 0 atom stereocenters. The molecule has 1 aromatic carbocycles. The molecule has 23 heavy (non-hydrogen) atoms. The molecule has 0 bridgehead atoms. The molecule has 0 spiro atoms. The summed E-state index contributed by atoms with van der Waals surface area (Å²) in [6, 6.07) is 3.11. The molecule has 2 rings (SSSR count). The number of hydrogen-bond acceptors (Lipinski definition) is 4. The van der Waals surface area contributed by atoms with Gasteiger partial charge in [-0.3, -0.25) is 0 Å². The molecule has 8 heteroatoms. The van der Waals surface area contributed by atoms with Gasteiger partial charge in [0.2, 0.25) is 5.89 Å². The van der Waals surface area contributed by atoms with Crippen LogP contribution in [0.15, 0.2) is 21.3 Å². The van der Waals surface area contributed by atoms with Crippen molar-refractivity contribution in [3.63, 3.8) is 0 Å². The number of nitrogens with zero attached hydrogens (tertiary/aromatic N) is 2. The second kappa shape index (κ2) is 7.16. The molecule has 128 valence electrons. The molecule has 1 heterocycles. The van der Waals surface area contributed by atoms with Crippen molar-refractivity contribution in [3.05, 3.63) is 38.6 Å². The maximum atomic E-state index is 12.1. The van der Waals surface area contributed by atoms with Crippen LogP contribution >= 0.6 is 35.6 Å². The van der Waals surface area contributed by atoms with Crippen LogP contribution in [0.4, 0.5) is 0 Å². The molecule has 0 unspecified atom stereocenters. The van der Waals surface area contributed by atoms with Crippen LogP contribution in [0.3, 0.4) is 0 Å². The van der Waals surface area contributed by atoms with E-state index in [4.69, 9.17) is 32.4 Å². The maximum Gasteiger partial charge on any atom is 0.442 e. The Labute approximate surface area is 150 Å². The number of hydrogen-bond donors (Lipinski definition) is 0. The second-order valence-corrected chi connectivity index (χ2v) is 7.05. The normalized spacial score (nSPS) is 11.5. The molecule has 1 aromatic heterocycles. The van der Waals surface area contributed by atoms with Gasteiger partial charge < -0.3 is 9.15 Å². The van der Waals surface area contributed by atoms with Crippen molar-refractivity contribution in [2.75, 3.05) is 0 Å². The van der Waals surface area contributed by atoms with Crippen LogP contribution in [0, 0.1) is 0 Å². The molecule has 0 aliphatic heterocycles. The van der Waals surface area contributed by atoms with Crippen LogP contribution in [0.1, 0.15) is 40.5 Å².